The van der Waals surface area contributed by atoms with Gasteiger partial charge in [0, 0.05) is 26.2 Å². The van der Waals surface area contributed by atoms with Gasteiger partial charge in [-0.2, -0.15) is 0 Å². The molecular formula is C19H19F3N8O3S. The maximum Gasteiger partial charge on any atom is 0.573 e. The molecule has 34 heavy (non-hydrogen) atoms. The summed E-state index contributed by atoms with van der Waals surface area (Å²) in [6.45, 7) is 1.44. The molecule has 2 N–H and O–H groups in total. The van der Waals surface area contributed by atoms with Crippen LogP contribution in [0.3, 0.4) is 0 Å². The molecule has 2 atom stereocenters. The minimum absolute atomic E-state index is 0.0848. The molecule has 1 fully saturated rings. The van der Waals surface area contributed by atoms with Gasteiger partial charge in [0.25, 0.3) is 5.91 Å². The number of carbonyl (C=O) groups is 1. The van der Waals surface area contributed by atoms with Gasteiger partial charge in [0.15, 0.2) is 11.9 Å². The Bertz CT molecular complexity index is 1120. The number of aromatic nitrogens is 5. The Labute approximate surface area is 195 Å². The van der Waals surface area contributed by atoms with Crippen molar-refractivity contribution in [1.29, 1.82) is 0 Å². The summed E-state index contributed by atoms with van der Waals surface area (Å²) in [5.74, 6) is -0.381. The number of rotatable bonds is 8. The van der Waals surface area contributed by atoms with Crippen LogP contribution in [0.2, 0.25) is 0 Å². The quantitative estimate of drug-likeness (QED) is 0.480. The standard InChI is InChI=1S/C19H19F3N8O3S/c1-32-15(11-3-2-4-13(7-11)33-19(20,21)22)16(31)26-18-29-28-17(34-18)25-12-5-6-30(9-12)14-8-23-10-24-27-14/h2-4,7-8,10,12,15H,5-6,9H2,1H3,(H,25,28)(H,26,29,31)/t12-,15+/m1/s1. The zero-order chi connectivity index (χ0) is 24.1. The number of nitrogens with one attached hydrogen (secondary N) is 2. The van der Waals surface area contributed by atoms with E-state index in [9.17, 15) is 18.0 Å². The monoisotopic (exact) mass is 496 g/mol. The van der Waals surface area contributed by atoms with Crippen molar-refractivity contribution in [2.24, 2.45) is 0 Å². The van der Waals surface area contributed by atoms with E-state index in [0.29, 0.717) is 17.5 Å². The Morgan fingerprint density at radius 1 is 1.26 bits per heavy atom. The molecule has 2 aromatic heterocycles. The molecule has 1 aliphatic rings. The first-order valence-corrected chi connectivity index (χ1v) is 10.8. The number of nitrogens with zero attached hydrogens (tertiary/aromatic N) is 6. The van der Waals surface area contributed by atoms with E-state index in [1.165, 1.54) is 25.6 Å². The van der Waals surface area contributed by atoms with E-state index in [0.717, 1.165) is 36.4 Å². The summed E-state index contributed by atoms with van der Waals surface area (Å²) in [7, 11) is 1.27. The summed E-state index contributed by atoms with van der Waals surface area (Å²) in [5.41, 5.74) is 0.189. The van der Waals surface area contributed by atoms with E-state index in [1.807, 2.05) is 4.90 Å². The average Bonchev–Trinajstić information content (AvgIpc) is 3.44. The third-order valence-corrected chi connectivity index (χ3v) is 5.60. The van der Waals surface area contributed by atoms with Gasteiger partial charge in [-0.1, -0.05) is 23.5 Å². The minimum atomic E-state index is -4.85. The van der Waals surface area contributed by atoms with Gasteiger partial charge in [0.05, 0.1) is 6.20 Å². The lowest BCUT2D eigenvalue weighted by Crippen LogP contribution is -2.26. The van der Waals surface area contributed by atoms with Crippen LogP contribution in [0.1, 0.15) is 18.1 Å². The fourth-order valence-electron chi connectivity index (χ4n) is 3.42. The van der Waals surface area contributed by atoms with Crippen molar-refractivity contribution in [3.8, 4) is 5.75 Å². The summed E-state index contributed by atoms with van der Waals surface area (Å²) < 4.78 is 46.6. The van der Waals surface area contributed by atoms with Gasteiger partial charge in [0.1, 0.15) is 12.1 Å². The fourth-order valence-corrected chi connectivity index (χ4v) is 4.14. The van der Waals surface area contributed by atoms with Gasteiger partial charge in [-0.05, 0) is 24.1 Å². The molecule has 1 amide bonds. The second kappa shape index (κ2) is 10.1. The maximum atomic E-state index is 12.7. The fraction of sp³-hybridized carbons (Fsp3) is 0.368. The van der Waals surface area contributed by atoms with Gasteiger partial charge in [-0.25, -0.2) is 4.98 Å². The number of methoxy groups -OCH3 is 1. The average molecular weight is 496 g/mol. The molecule has 0 aliphatic carbocycles. The zero-order valence-electron chi connectivity index (χ0n) is 17.7. The first kappa shape index (κ1) is 23.6. The Kier molecular flexibility index (Phi) is 7.02. The molecule has 3 aromatic rings. The van der Waals surface area contributed by atoms with Gasteiger partial charge in [-0.15, -0.1) is 33.6 Å². The van der Waals surface area contributed by atoms with Gasteiger partial charge >= 0.3 is 6.36 Å². The highest BCUT2D eigenvalue weighted by atomic mass is 32.1. The summed E-state index contributed by atoms with van der Waals surface area (Å²) in [4.78, 5) is 18.7. The second-order valence-corrected chi connectivity index (χ2v) is 8.16. The predicted molar refractivity (Wildman–Crippen MR) is 115 cm³/mol. The Hall–Kier alpha value is -3.59. The normalized spacial score (nSPS) is 16.8. The topological polar surface area (TPSA) is 127 Å². The Morgan fingerprint density at radius 2 is 2.09 bits per heavy atom. The van der Waals surface area contributed by atoms with Crippen molar-refractivity contribution >= 4 is 33.3 Å². The molecule has 1 aliphatic heterocycles. The lowest BCUT2D eigenvalue weighted by atomic mass is 10.1. The number of hydrogen-bond acceptors (Lipinski definition) is 11. The number of halogens is 3. The van der Waals surface area contributed by atoms with Crippen molar-refractivity contribution in [3.05, 3.63) is 42.4 Å². The summed E-state index contributed by atoms with van der Waals surface area (Å²) in [6, 6.07) is 5.11. The number of amides is 1. The minimum Gasteiger partial charge on any atom is -0.406 e. The second-order valence-electron chi connectivity index (χ2n) is 7.18. The summed E-state index contributed by atoms with van der Waals surface area (Å²) in [5, 5.41) is 22.4. The predicted octanol–water partition coefficient (Wildman–Crippen LogP) is 2.64. The first-order valence-electron chi connectivity index (χ1n) is 9.98. The van der Waals surface area contributed by atoms with Crippen molar-refractivity contribution in [2.45, 2.75) is 24.9 Å². The van der Waals surface area contributed by atoms with Crippen LogP contribution in [0.25, 0.3) is 0 Å². The third kappa shape index (κ3) is 6.05. The van der Waals surface area contributed by atoms with E-state index >= 15 is 0 Å². The lowest BCUT2D eigenvalue weighted by molar-refractivity contribution is -0.274. The van der Waals surface area contributed by atoms with Crippen molar-refractivity contribution < 1.29 is 27.4 Å². The van der Waals surface area contributed by atoms with Gasteiger partial charge in [0.2, 0.25) is 10.3 Å². The first-order chi connectivity index (χ1) is 16.3. The number of alkyl halides is 3. The zero-order valence-corrected chi connectivity index (χ0v) is 18.5. The molecule has 0 saturated carbocycles. The van der Waals surface area contributed by atoms with Crippen LogP contribution in [-0.4, -0.2) is 63.9 Å². The molecule has 0 spiro atoms. The Morgan fingerprint density at radius 3 is 2.82 bits per heavy atom. The molecule has 1 saturated heterocycles. The number of benzene rings is 1. The van der Waals surface area contributed by atoms with E-state index in [1.54, 1.807) is 6.20 Å². The van der Waals surface area contributed by atoms with Crippen molar-refractivity contribution in [1.82, 2.24) is 25.4 Å². The number of ether oxygens (including phenoxy) is 2. The number of carbonyl (C=O) groups excluding carboxylic acids is 1. The highest BCUT2D eigenvalue weighted by Gasteiger charge is 2.32. The Balaban J connectivity index is 1.35. The largest absolute Gasteiger partial charge is 0.573 e. The van der Waals surface area contributed by atoms with Crippen LogP contribution in [0.5, 0.6) is 5.75 Å². The van der Waals surface area contributed by atoms with Crippen LogP contribution in [0.4, 0.5) is 29.3 Å². The smallest absolute Gasteiger partial charge is 0.406 e. The van der Waals surface area contributed by atoms with Crippen LogP contribution < -0.4 is 20.3 Å². The van der Waals surface area contributed by atoms with Crippen LogP contribution >= 0.6 is 11.3 Å². The highest BCUT2D eigenvalue weighted by molar-refractivity contribution is 7.19. The molecular weight excluding hydrogens is 477 g/mol. The molecule has 0 radical (unpaired) electrons. The molecule has 15 heteroatoms. The molecule has 4 rings (SSSR count). The maximum absolute atomic E-state index is 12.7. The van der Waals surface area contributed by atoms with E-state index in [-0.39, 0.29) is 16.7 Å². The van der Waals surface area contributed by atoms with E-state index < -0.39 is 24.1 Å². The molecule has 0 bridgehead atoms. The molecule has 1 aromatic carbocycles. The van der Waals surface area contributed by atoms with Crippen LogP contribution in [0, 0.1) is 0 Å². The van der Waals surface area contributed by atoms with Crippen molar-refractivity contribution in [3.63, 3.8) is 0 Å². The molecule has 3 heterocycles. The number of hydrogen-bond donors (Lipinski definition) is 2. The van der Waals surface area contributed by atoms with Gasteiger partial charge in [-0.3, -0.25) is 10.1 Å². The van der Waals surface area contributed by atoms with Crippen LogP contribution in [-0.2, 0) is 9.53 Å². The van der Waals surface area contributed by atoms with Crippen LogP contribution in [0.15, 0.2) is 36.8 Å². The third-order valence-electron chi connectivity index (χ3n) is 4.83. The summed E-state index contributed by atoms with van der Waals surface area (Å²) >= 11 is 1.13. The van der Waals surface area contributed by atoms with Crippen molar-refractivity contribution in [2.75, 3.05) is 35.7 Å². The number of anilines is 3. The molecule has 0 unspecified atom stereocenters. The van der Waals surface area contributed by atoms with E-state index in [2.05, 4.69) is 40.7 Å². The molecule has 11 nitrogen and oxygen atoms in total. The summed E-state index contributed by atoms with van der Waals surface area (Å²) in [6.07, 6.45) is -2.18. The SMILES string of the molecule is CO[C@H](C(=O)Nc1nnc(N[C@@H]2CCN(c3cncnn3)C2)s1)c1cccc(OC(F)(F)F)c1. The van der Waals surface area contributed by atoms with Gasteiger partial charge < -0.3 is 19.7 Å². The highest BCUT2D eigenvalue weighted by Crippen LogP contribution is 2.29. The molecule has 180 valence electrons. The van der Waals surface area contributed by atoms with E-state index in [4.69, 9.17) is 4.74 Å². The lowest BCUT2D eigenvalue weighted by Gasteiger charge is -2.16.